The van der Waals surface area contributed by atoms with Crippen LogP contribution in [0.2, 0.25) is 0 Å². The van der Waals surface area contributed by atoms with Gasteiger partial charge in [-0.2, -0.15) is 11.3 Å². The van der Waals surface area contributed by atoms with Gasteiger partial charge in [0.15, 0.2) is 0 Å². The predicted octanol–water partition coefficient (Wildman–Crippen LogP) is 4.82. The van der Waals surface area contributed by atoms with Crippen molar-refractivity contribution in [1.82, 2.24) is 9.97 Å². The maximum absolute atomic E-state index is 13.6. The van der Waals surface area contributed by atoms with Crippen molar-refractivity contribution in [2.24, 2.45) is 0 Å². The monoisotopic (exact) mass is 410 g/mol. The molecule has 0 radical (unpaired) electrons. The largest absolute Gasteiger partial charge is 0.341 e. The van der Waals surface area contributed by atoms with E-state index in [1.807, 2.05) is 17.7 Å². The van der Waals surface area contributed by atoms with Gasteiger partial charge in [0, 0.05) is 42.1 Å². The third-order valence-corrected chi connectivity index (χ3v) is 5.82. The number of nitrogens with zero attached hydrogens (tertiary/aromatic N) is 4. The van der Waals surface area contributed by atoms with E-state index in [4.69, 9.17) is 0 Å². The zero-order valence-electron chi connectivity index (χ0n) is 16.3. The van der Waals surface area contributed by atoms with Crippen LogP contribution in [0.15, 0.2) is 47.4 Å². The first-order valence-corrected chi connectivity index (χ1v) is 10.7. The number of piperidine rings is 1. The number of aryl methyl sites for hydroxylation is 1. The van der Waals surface area contributed by atoms with Crippen LogP contribution in [0.5, 0.6) is 0 Å². The minimum Gasteiger partial charge on any atom is -0.341 e. The molecule has 0 spiro atoms. The van der Waals surface area contributed by atoms with E-state index >= 15 is 0 Å². The Balaban J connectivity index is 1.60. The third kappa shape index (κ3) is 4.45. The zero-order chi connectivity index (χ0) is 20.2. The van der Waals surface area contributed by atoms with E-state index in [1.165, 1.54) is 29.9 Å². The summed E-state index contributed by atoms with van der Waals surface area (Å²) < 4.78 is 13.6. The van der Waals surface area contributed by atoms with Crippen molar-refractivity contribution in [3.63, 3.8) is 0 Å². The second-order valence-electron chi connectivity index (χ2n) is 7.27. The zero-order valence-corrected chi connectivity index (χ0v) is 17.2. The number of hydrogen-bond acceptors (Lipinski definition) is 5. The van der Waals surface area contributed by atoms with Crippen molar-refractivity contribution in [2.75, 3.05) is 22.9 Å². The van der Waals surface area contributed by atoms with E-state index in [2.05, 4.69) is 14.9 Å². The van der Waals surface area contributed by atoms with Crippen LogP contribution < -0.4 is 9.80 Å². The Morgan fingerprint density at radius 3 is 2.59 bits per heavy atom. The number of anilines is 2. The Hall–Kier alpha value is -2.80. The molecule has 0 aliphatic carbocycles. The third-order valence-electron chi connectivity index (χ3n) is 5.13. The molecule has 3 heterocycles. The molecule has 0 atom stereocenters. The minimum atomic E-state index is -0.316. The molecule has 0 unspecified atom stereocenters. The normalized spacial score (nSPS) is 14.1. The summed E-state index contributed by atoms with van der Waals surface area (Å²) in [7, 11) is 0. The Bertz CT molecular complexity index is 969. The van der Waals surface area contributed by atoms with Gasteiger partial charge < -0.3 is 9.80 Å². The summed E-state index contributed by atoms with van der Waals surface area (Å²) in [5.41, 5.74) is 2.84. The molecule has 150 valence electrons. The highest BCUT2D eigenvalue weighted by Crippen LogP contribution is 2.26. The molecular formula is C22H23FN4OS. The summed E-state index contributed by atoms with van der Waals surface area (Å²) in [6, 6.07) is 6.28. The number of amides is 1. The fourth-order valence-corrected chi connectivity index (χ4v) is 4.23. The van der Waals surface area contributed by atoms with Gasteiger partial charge in [-0.25, -0.2) is 14.4 Å². The van der Waals surface area contributed by atoms with E-state index in [1.54, 1.807) is 29.4 Å². The van der Waals surface area contributed by atoms with Crippen LogP contribution in [0.4, 0.5) is 16.0 Å². The SMILES string of the molecule is Cc1cc(F)ccc1N(Cc1cnc(N2CCCCC2)nc1)C(=O)c1ccsc1. The summed E-state index contributed by atoms with van der Waals surface area (Å²) in [6.07, 6.45) is 7.15. The summed E-state index contributed by atoms with van der Waals surface area (Å²) in [5.74, 6) is 0.298. The minimum absolute atomic E-state index is 0.124. The van der Waals surface area contributed by atoms with Gasteiger partial charge in [-0.1, -0.05) is 0 Å². The standard InChI is InChI=1S/C22H23FN4OS/c1-16-11-19(23)5-6-20(16)27(21(28)18-7-10-29-15-18)14-17-12-24-22(25-13-17)26-8-3-2-4-9-26/h5-7,10-13,15H,2-4,8-9,14H2,1H3. The van der Waals surface area contributed by atoms with Gasteiger partial charge in [0.25, 0.3) is 5.91 Å². The molecule has 0 bridgehead atoms. The topological polar surface area (TPSA) is 49.3 Å². The molecule has 0 saturated carbocycles. The summed E-state index contributed by atoms with van der Waals surface area (Å²) >= 11 is 1.47. The van der Waals surface area contributed by atoms with Crippen LogP contribution in [0, 0.1) is 12.7 Å². The van der Waals surface area contributed by atoms with Crippen molar-refractivity contribution < 1.29 is 9.18 Å². The lowest BCUT2D eigenvalue weighted by atomic mass is 10.1. The first-order chi connectivity index (χ1) is 14.1. The van der Waals surface area contributed by atoms with Gasteiger partial charge in [0.2, 0.25) is 5.95 Å². The summed E-state index contributed by atoms with van der Waals surface area (Å²) in [6.45, 7) is 4.09. The van der Waals surface area contributed by atoms with Gasteiger partial charge in [0.05, 0.1) is 12.1 Å². The quantitative estimate of drug-likeness (QED) is 0.605. The number of carbonyl (C=O) groups excluding carboxylic acids is 1. The Labute approximate surface area is 173 Å². The van der Waals surface area contributed by atoms with Gasteiger partial charge in [0.1, 0.15) is 5.82 Å². The molecule has 0 N–H and O–H groups in total. The number of halogens is 1. The van der Waals surface area contributed by atoms with E-state index < -0.39 is 0 Å². The van der Waals surface area contributed by atoms with E-state index in [0.29, 0.717) is 23.4 Å². The number of benzene rings is 1. The molecule has 3 aromatic rings. The molecule has 1 aliphatic heterocycles. The average molecular weight is 411 g/mol. The second kappa shape index (κ2) is 8.69. The van der Waals surface area contributed by atoms with Crippen molar-refractivity contribution >= 4 is 28.9 Å². The molecule has 1 aromatic carbocycles. The lowest BCUT2D eigenvalue weighted by Crippen LogP contribution is -2.32. The Kier molecular flexibility index (Phi) is 5.85. The molecule has 29 heavy (non-hydrogen) atoms. The predicted molar refractivity (Wildman–Crippen MR) is 114 cm³/mol. The number of hydrogen-bond donors (Lipinski definition) is 0. The van der Waals surface area contributed by atoms with Gasteiger partial charge >= 0.3 is 0 Å². The van der Waals surface area contributed by atoms with Crippen LogP contribution in [-0.2, 0) is 6.54 Å². The maximum Gasteiger partial charge on any atom is 0.259 e. The second-order valence-corrected chi connectivity index (χ2v) is 8.05. The molecule has 5 nitrogen and oxygen atoms in total. The molecule has 2 aromatic heterocycles. The molecule has 1 amide bonds. The first kappa shape index (κ1) is 19.5. The van der Waals surface area contributed by atoms with Crippen LogP contribution in [0.3, 0.4) is 0 Å². The van der Waals surface area contributed by atoms with Gasteiger partial charge in [-0.3, -0.25) is 4.79 Å². The van der Waals surface area contributed by atoms with Crippen LogP contribution in [0.1, 0.15) is 40.7 Å². The molecule has 1 fully saturated rings. The van der Waals surface area contributed by atoms with Gasteiger partial charge in [-0.15, -0.1) is 0 Å². The Morgan fingerprint density at radius 1 is 1.17 bits per heavy atom. The fourth-order valence-electron chi connectivity index (χ4n) is 3.60. The van der Waals surface area contributed by atoms with Crippen molar-refractivity contribution in [2.45, 2.75) is 32.7 Å². The molecule has 1 aliphatic rings. The number of rotatable bonds is 5. The summed E-state index contributed by atoms with van der Waals surface area (Å²) in [4.78, 5) is 26.1. The first-order valence-electron chi connectivity index (χ1n) is 9.78. The molecular weight excluding hydrogens is 387 g/mol. The lowest BCUT2D eigenvalue weighted by Gasteiger charge is -2.27. The Morgan fingerprint density at radius 2 is 1.93 bits per heavy atom. The van der Waals surface area contributed by atoms with Gasteiger partial charge in [-0.05, 0) is 61.4 Å². The highest BCUT2D eigenvalue weighted by atomic mass is 32.1. The number of thiophene rings is 1. The fraction of sp³-hybridized carbons (Fsp3) is 0.318. The average Bonchev–Trinajstić information content (AvgIpc) is 3.28. The summed E-state index contributed by atoms with van der Waals surface area (Å²) in [5, 5.41) is 3.70. The smallest absolute Gasteiger partial charge is 0.259 e. The van der Waals surface area contributed by atoms with Crippen LogP contribution >= 0.6 is 11.3 Å². The highest BCUT2D eigenvalue weighted by molar-refractivity contribution is 7.08. The number of carbonyl (C=O) groups is 1. The number of aromatic nitrogens is 2. The lowest BCUT2D eigenvalue weighted by molar-refractivity contribution is 0.0985. The van der Waals surface area contributed by atoms with Crippen molar-refractivity contribution in [3.05, 3.63) is 69.9 Å². The van der Waals surface area contributed by atoms with E-state index in [9.17, 15) is 9.18 Å². The van der Waals surface area contributed by atoms with Crippen molar-refractivity contribution in [1.29, 1.82) is 0 Å². The van der Waals surface area contributed by atoms with E-state index in [-0.39, 0.29) is 11.7 Å². The van der Waals surface area contributed by atoms with Crippen molar-refractivity contribution in [3.8, 4) is 0 Å². The van der Waals surface area contributed by atoms with E-state index in [0.717, 1.165) is 37.4 Å². The van der Waals surface area contributed by atoms with Crippen LogP contribution in [-0.4, -0.2) is 29.0 Å². The molecule has 1 saturated heterocycles. The maximum atomic E-state index is 13.6. The highest BCUT2D eigenvalue weighted by Gasteiger charge is 2.21. The van der Waals surface area contributed by atoms with Crippen LogP contribution in [0.25, 0.3) is 0 Å². The molecule has 4 rings (SSSR count). The molecule has 7 heteroatoms.